The van der Waals surface area contributed by atoms with E-state index in [0.717, 1.165) is 0 Å². The number of alkyl halides is 3. The normalized spacial score (nSPS) is 23.4. The van der Waals surface area contributed by atoms with Gasteiger partial charge in [-0.15, -0.1) is 0 Å². The van der Waals surface area contributed by atoms with Gasteiger partial charge in [-0.1, -0.05) is 18.0 Å². The minimum absolute atomic E-state index is 0.0492. The lowest BCUT2D eigenvalue weighted by Gasteiger charge is -2.31. The van der Waals surface area contributed by atoms with Gasteiger partial charge >= 0.3 is 6.18 Å². The van der Waals surface area contributed by atoms with Crippen LogP contribution in [0.4, 0.5) is 13.2 Å². The van der Waals surface area contributed by atoms with Crippen molar-refractivity contribution in [2.24, 2.45) is 5.92 Å². The molecule has 1 aliphatic rings. The van der Waals surface area contributed by atoms with Crippen molar-refractivity contribution >= 4 is 17.5 Å². The lowest BCUT2D eigenvalue weighted by atomic mass is 9.85. The molecule has 1 amide bonds. The van der Waals surface area contributed by atoms with E-state index >= 15 is 0 Å². The maximum Gasteiger partial charge on any atom is 0.391 e. The molecule has 7 heteroatoms. The first-order chi connectivity index (χ1) is 9.38. The van der Waals surface area contributed by atoms with Gasteiger partial charge < -0.3 is 5.32 Å². The highest BCUT2D eigenvalue weighted by molar-refractivity contribution is 6.32. The van der Waals surface area contributed by atoms with Crippen LogP contribution in [-0.2, 0) is 0 Å². The lowest BCUT2D eigenvalue weighted by Crippen LogP contribution is -2.41. The van der Waals surface area contributed by atoms with Crippen molar-refractivity contribution in [3.8, 4) is 0 Å². The second-order valence-corrected chi connectivity index (χ2v) is 5.28. The van der Waals surface area contributed by atoms with Crippen molar-refractivity contribution < 1.29 is 18.0 Å². The molecule has 2 atom stereocenters. The number of hydrogen-bond acceptors (Lipinski definition) is 2. The molecule has 1 aliphatic carbocycles. The molecular formula is C13H14ClF3N2O. The van der Waals surface area contributed by atoms with Crippen molar-refractivity contribution in [2.45, 2.75) is 37.9 Å². The summed E-state index contributed by atoms with van der Waals surface area (Å²) in [7, 11) is 0. The summed E-state index contributed by atoms with van der Waals surface area (Å²) in [5.74, 6) is -1.82. The Morgan fingerprint density at radius 1 is 1.40 bits per heavy atom. The second kappa shape index (κ2) is 5.99. The summed E-state index contributed by atoms with van der Waals surface area (Å²) in [6, 6.07) is 2.58. The van der Waals surface area contributed by atoms with Crippen LogP contribution in [-0.4, -0.2) is 23.1 Å². The molecule has 1 fully saturated rings. The molecule has 0 aromatic carbocycles. The minimum Gasteiger partial charge on any atom is -0.349 e. The Kier molecular flexibility index (Phi) is 4.52. The number of nitrogens with zero attached hydrogens (tertiary/aromatic N) is 1. The summed E-state index contributed by atoms with van der Waals surface area (Å²) < 4.78 is 38.1. The zero-order chi connectivity index (χ0) is 14.8. The van der Waals surface area contributed by atoms with Crippen LogP contribution < -0.4 is 5.32 Å². The van der Waals surface area contributed by atoms with Crippen molar-refractivity contribution in [3.63, 3.8) is 0 Å². The van der Waals surface area contributed by atoms with Gasteiger partial charge in [-0.3, -0.25) is 4.79 Å². The van der Waals surface area contributed by atoms with E-state index in [-0.39, 0.29) is 23.6 Å². The molecular weight excluding hydrogens is 293 g/mol. The Labute approximate surface area is 119 Å². The number of pyridine rings is 1. The van der Waals surface area contributed by atoms with Crippen LogP contribution in [0.25, 0.3) is 0 Å². The van der Waals surface area contributed by atoms with Crippen molar-refractivity contribution in [1.29, 1.82) is 0 Å². The molecule has 1 N–H and O–H groups in total. The van der Waals surface area contributed by atoms with E-state index in [9.17, 15) is 18.0 Å². The van der Waals surface area contributed by atoms with Crippen LogP contribution in [0.1, 0.15) is 36.0 Å². The quantitative estimate of drug-likeness (QED) is 0.849. The van der Waals surface area contributed by atoms with Gasteiger partial charge in [-0.2, -0.15) is 13.2 Å². The molecule has 0 bridgehead atoms. The highest BCUT2D eigenvalue weighted by Crippen LogP contribution is 2.37. The number of rotatable bonds is 2. The third kappa shape index (κ3) is 3.62. The van der Waals surface area contributed by atoms with Gasteiger partial charge in [-0.25, -0.2) is 4.98 Å². The molecule has 2 unspecified atom stereocenters. The molecule has 1 aromatic heterocycles. The van der Waals surface area contributed by atoms with E-state index in [2.05, 4.69) is 10.3 Å². The molecule has 1 aromatic rings. The van der Waals surface area contributed by atoms with Crippen LogP contribution in [0.5, 0.6) is 0 Å². The fourth-order valence-electron chi connectivity index (χ4n) is 2.44. The molecule has 20 heavy (non-hydrogen) atoms. The van der Waals surface area contributed by atoms with Gasteiger partial charge in [-0.05, 0) is 31.4 Å². The Morgan fingerprint density at radius 3 is 2.80 bits per heavy atom. The van der Waals surface area contributed by atoms with Gasteiger partial charge in [0.25, 0.3) is 5.91 Å². The number of carbonyl (C=O) groups is 1. The summed E-state index contributed by atoms with van der Waals surface area (Å²) in [5.41, 5.74) is 0.184. The Balaban J connectivity index is 2.00. The third-order valence-corrected chi connectivity index (χ3v) is 3.78. The highest BCUT2D eigenvalue weighted by Gasteiger charge is 2.42. The second-order valence-electron chi connectivity index (χ2n) is 4.92. The Hall–Kier alpha value is -1.30. The molecule has 0 radical (unpaired) electrons. The number of halogens is 4. The maximum absolute atomic E-state index is 12.7. The molecule has 2 rings (SSSR count). The van der Waals surface area contributed by atoms with Crippen molar-refractivity contribution in [2.75, 3.05) is 0 Å². The van der Waals surface area contributed by atoms with Crippen LogP contribution in [0, 0.1) is 5.92 Å². The monoisotopic (exact) mass is 306 g/mol. The molecule has 1 heterocycles. The Bertz CT molecular complexity index is 493. The SMILES string of the molecule is O=C(NC1CCCC(C(F)(F)F)C1)c1cccnc1Cl. The van der Waals surface area contributed by atoms with E-state index in [0.29, 0.717) is 12.8 Å². The summed E-state index contributed by atoms with van der Waals surface area (Å²) >= 11 is 5.79. The molecule has 1 saturated carbocycles. The highest BCUT2D eigenvalue weighted by atomic mass is 35.5. The van der Waals surface area contributed by atoms with E-state index in [1.807, 2.05) is 0 Å². The van der Waals surface area contributed by atoms with E-state index in [1.165, 1.54) is 12.3 Å². The number of hydrogen-bond donors (Lipinski definition) is 1. The summed E-state index contributed by atoms with van der Waals surface area (Å²) in [5, 5.41) is 2.66. The molecule has 0 aliphatic heterocycles. The third-order valence-electron chi connectivity index (χ3n) is 3.48. The topological polar surface area (TPSA) is 42.0 Å². The van der Waals surface area contributed by atoms with Gasteiger partial charge in [0.05, 0.1) is 11.5 Å². The molecule has 3 nitrogen and oxygen atoms in total. The fraction of sp³-hybridized carbons (Fsp3) is 0.538. The van der Waals surface area contributed by atoms with Gasteiger partial charge in [0.2, 0.25) is 0 Å². The summed E-state index contributed by atoms with van der Waals surface area (Å²) in [6.07, 6.45) is -1.70. The average Bonchev–Trinajstić information content (AvgIpc) is 2.38. The zero-order valence-corrected chi connectivity index (χ0v) is 11.3. The number of amides is 1. The minimum atomic E-state index is -4.20. The summed E-state index contributed by atoms with van der Waals surface area (Å²) in [6.45, 7) is 0. The van der Waals surface area contributed by atoms with Crippen molar-refractivity contribution in [3.05, 3.63) is 29.0 Å². The van der Waals surface area contributed by atoms with E-state index in [1.54, 1.807) is 6.07 Å². The van der Waals surface area contributed by atoms with Gasteiger partial charge in [0.15, 0.2) is 0 Å². The average molecular weight is 307 g/mol. The predicted molar refractivity (Wildman–Crippen MR) is 68.5 cm³/mol. The largest absolute Gasteiger partial charge is 0.391 e. The van der Waals surface area contributed by atoms with Crippen LogP contribution in [0.2, 0.25) is 5.15 Å². The first-order valence-corrected chi connectivity index (χ1v) is 6.74. The van der Waals surface area contributed by atoms with E-state index in [4.69, 9.17) is 11.6 Å². The number of aromatic nitrogens is 1. The molecule has 110 valence electrons. The van der Waals surface area contributed by atoms with Crippen LogP contribution >= 0.6 is 11.6 Å². The van der Waals surface area contributed by atoms with Gasteiger partial charge in [0, 0.05) is 12.2 Å². The molecule has 0 saturated heterocycles. The first-order valence-electron chi connectivity index (χ1n) is 6.36. The Morgan fingerprint density at radius 2 is 2.15 bits per heavy atom. The van der Waals surface area contributed by atoms with Gasteiger partial charge in [0.1, 0.15) is 5.15 Å². The fourth-order valence-corrected chi connectivity index (χ4v) is 2.64. The smallest absolute Gasteiger partial charge is 0.349 e. The number of carbonyl (C=O) groups excluding carboxylic acids is 1. The maximum atomic E-state index is 12.7. The van der Waals surface area contributed by atoms with Crippen LogP contribution in [0.3, 0.4) is 0 Å². The lowest BCUT2D eigenvalue weighted by molar-refractivity contribution is -0.183. The number of nitrogens with one attached hydrogen (secondary N) is 1. The summed E-state index contributed by atoms with van der Waals surface area (Å²) in [4.78, 5) is 15.7. The zero-order valence-electron chi connectivity index (χ0n) is 10.6. The predicted octanol–water partition coefficient (Wildman–Crippen LogP) is 3.59. The standard InChI is InChI=1S/C13H14ClF3N2O/c14-11-10(5-2-6-18-11)12(20)19-9-4-1-3-8(7-9)13(15,16)17/h2,5-6,8-9H,1,3-4,7H2,(H,19,20). The van der Waals surface area contributed by atoms with Crippen LogP contribution in [0.15, 0.2) is 18.3 Å². The first kappa shape index (κ1) is 15.1. The molecule has 0 spiro atoms. The van der Waals surface area contributed by atoms with Crippen molar-refractivity contribution in [1.82, 2.24) is 10.3 Å². The van der Waals surface area contributed by atoms with E-state index < -0.39 is 24.0 Å².